The zero-order valence-electron chi connectivity index (χ0n) is 18.0. The molecular formula is C23H29N7. The van der Waals surface area contributed by atoms with Crippen molar-refractivity contribution in [2.75, 3.05) is 31.1 Å². The van der Waals surface area contributed by atoms with Crippen LogP contribution in [0.25, 0.3) is 11.1 Å². The standard InChI is InChI=1S/C23H29N7/c1-5-17(2)23-21(12-19(16-30(23)24-3)20-14-27-28(4)15-20)18-6-7-22(26-13-18)29-10-8-25-9-11-29/h6-7,12-16,25H,3,5,8-11H2,1-2,4H3/b23-17+. The van der Waals surface area contributed by atoms with Crippen LogP contribution in [0.5, 0.6) is 0 Å². The van der Waals surface area contributed by atoms with Crippen LogP contribution in [-0.2, 0) is 7.05 Å². The number of aromatic nitrogens is 3. The van der Waals surface area contributed by atoms with E-state index < -0.39 is 0 Å². The Morgan fingerprint density at radius 2 is 2.00 bits per heavy atom. The molecule has 7 nitrogen and oxygen atoms in total. The van der Waals surface area contributed by atoms with E-state index in [1.54, 1.807) is 0 Å². The Morgan fingerprint density at radius 3 is 2.60 bits per heavy atom. The Balaban J connectivity index is 1.75. The van der Waals surface area contributed by atoms with Gasteiger partial charge in [0.15, 0.2) is 0 Å². The zero-order valence-corrected chi connectivity index (χ0v) is 18.0. The lowest BCUT2D eigenvalue weighted by Crippen LogP contribution is -2.43. The maximum Gasteiger partial charge on any atom is 0.128 e. The zero-order chi connectivity index (χ0) is 21.1. The molecule has 2 aromatic rings. The van der Waals surface area contributed by atoms with Crippen molar-refractivity contribution >= 4 is 23.7 Å². The average Bonchev–Trinajstić information content (AvgIpc) is 3.24. The van der Waals surface area contributed by atoms with Gasteiger partial charge in [-0.05, 0) is 37.1 Å². The van der Waals surface area contributed by atoms with Crippen LogP contribution in [0, 0.1) is 0 Å². The topological polar surface area (TPSA) is 61.6 Å². The summed E-state index contributed by atoms with van der Waals surface area (Å²) in [6.07, 6.45) is 11.0. The quantitative estimate of drug-likeness (QED) is 0.777. The Hall–Kier alpha value is -3.19. The Labute approximate surface area is 178 Å². The van der Waals surface area contributed by atoms with Crippen LogP contribution in [0.3, 0.4) is 0 Å². The van der Waals surface area contributed by atoms with Gasteiger partial charge in [-0.25, -0.2) is 9.99 Å². The number of allylic oxidation sites excluding steroid dienone is 4. The summed E-state index contributed by atoms with van der Waals surface area (Å²) >= 11 is 0. The second kappa shape index (κ2) is 8.67. The van der Waals surface area contributed by atoms with E-state index in [4.69, 9.17) is 4.98 Å². The molecular weight excluding hydrogens is 374 g/mol. The van der Waals surface area contributed by atoms with Crippen molar-refractivity contribution in [3.05, 3.63) is 65.4 Å². The molecule has 2 aliphatic heterocycles. The highest BCUT2D eigenvalue weighted by Gasteiger charge is 2.23. The van der Waals surface area contributed by atoms with E-state index in [2.05, 4.69) is 59.2 Å². The first-order valence-corrected chi connectivity index (χ1v) is 10.4. The average molecular weight is 404 g/mol. The SMILES string of the molecule is C=NN1C=C(c2cnn(C)c2)C=C(c2ccc(N3CCNCC3)nc2)/C1=C(/C)CC. The lowest BCUT2D eigenvalue weighted by atomic mass is 9.93. The van der Waals surface area contributed by atoms with E-state index in [9.17, 15) is 0 Å². The Morgan fingerprint density at radius 1 is 1.20 bits per heavy atom. The van der Waals surface area contributed by atoms with E-state index in [0.717, 1.165) is 66.4 Å². The van der Waals surface area contributed by atoms with Crippen molar-refractivity contribution in [2.24, 2.45) is 12.1 Å². The van der Waals surface area contributed by atoms with Gasteiger partial charge in [0, 0.05) is 80.8 Å². The van der Waals surface area contributed by atoms with Gasteiger partial charge in [-0.1, -0.05) is 6.92 Å². The number of nitrogens with one attached hydrogen (secondary N) is 1. The van der Waals surface area contributed by atoms with Crippen LogP contribution in [0.2, 0.25) is 0 Å². The summed E-state index contributed by atoms with van der Waals surface area (Å²) < 4.78 is 1.81. The molecule has 0 unspecified atom stereocenters. The number of rotatable bonds is 5. The lowest BCUT2D eigenvalue weighted by Gasteiger charge is -2.30. The summed E-state index contributed by atoms with van der Waals surface area (Å²) in [7, 11) is 1.92. The molecule has 0 bridgehead atoms. The number of aryl methyl sites for hydroxylation is 1. The van der Waals surface area contributed by atoms with Crippen LogP contribution >= 0.6 is 0 Å². The summed E-state index contributed by atoms with van der Waals surface area (Å²) in [5, 5.41) is 13.9. The molecule has 0 saturated carbocycles. The van der Waals surface area contributed by atoms with Gasteiger partial charge in [-0.3, -0.25) is 4.68 Å². The first kappa shape index (κ1) is 20.1. The van der Waals surface area contributed by atoms with E-state index in [1.807, 2.05) is 41.5 Å². The number of pyridine rings is 1. The fraction of sp³-hybridized carbons (Fsp3) is 0.348. The van der Waals surface area contributed by atoms with Crippen molar-refractivity contribution in [2.45, 2.75) is 20.3 Å². The molecule has 0 aromatic carbocycles. The van der Waals surface area contributed by atoms with Gasteiger partial charge >= 0.3 is 0 Å². The van der Waals surface area contributed by atoms with Gasteiger partial charge in [0.2, 0.25) is 0 Å². The summed E-state index contributed by atoms with van der Waals surface area (Å²) in [6, 6.07) is 4.28. The lowest BCUT2D eigenvalue weighted by molar-refractivity contribution is 0.514. The maximum atomic E-state index is 4.78. The highest BCUT2D eigenvalue weighted by molar-refractivity contribution is 5.92. The molecule has 1 saturated heterocycles. The number of anilines is 1. The van der Waals surface area contributed by atoms with Crippen LogP contribution in [0.15, 0.2) is 59.4 Å². The minimum absolute atomic E-state index is 0.932. The summed E-state index contributed by atoms with van der Waals surface area (Å²) in [6.45, 7) is 12.1. The highest BCUT2D eigenvalue weighted by atomic mass is 15.4. The molecule has 156 valence electrons. The molecule has 4 heterocycles. The third-order valence-corrected chi connectivity index (χ3v) is 5.67. The molecule has 30 heavy (non-hydrogen) atoms. The molecule has 1 fully saturated rings. The molecule has 0 radical (unpaired) electrons. The van der Waals surface area contributed by atoms with Crippen molar-refractivity contribution in [3.63, 3.8) is 0 Å². The van der Waals surface area contributed by atoms with Crippen molar-refractivity contribution in [1.29, 1.82) is 0 Å². The van der Waals surface area contributed by atoms with Crippen molar-refractivity contribution in [3.8, 4) is 0 Å². The smallest absolute Gasteiger partial charge is 0.128 e. The number of hydrogen-bond acceptors (Lipinski definition) is 6. The van der Waals surface area contributed by atoms with Crippen LogP contribution in [0.4, 0.5) is 5.82 Å². The minimum atomic E-state index is 0.932. The number of hydrazone groups is 1. The van der Waals surface area contributed by atoms with E-state index in [0.29, 0.717) is 0 Å². The number of hydrogen-bond donors (Lipinski definition) is 1. The summed E-state index contributed by atoms with van der Waals surface area (Å²) in [5.74, 6) is 1.02. The van der Waals surface area contributed by atoms with Gasteiger partial charge in [-0.15, -0.1) is 0 Å². The molecule has 0 atom stereocenters. The second-order valence-corrected chi connectivity index (χ2v) is 7.66. The van der Waals surface area contributed by atoms with Gasteiger partial charge in [-0.2, -0.15) is 10.2 Å². The fourth-order valence-electron chi connectivity index (χ4n) is 3.86. The molecule has 2 aliphatic rings. The maximum absolute atomic E-state index is 4.78. The monoisotopic (exact) mass is 403 g/mol. The molecule has 2 aromatic heterocycles. The second-order valence-electron chi connectivity index (χ2n) is 7.66. The van der Waals surface area contributed by atoms with Gasteiger partial charge in [0.1, 0.15) is 5.82 Å². The van der Waals surface area contributed by atoms with E-state index >= 15 is 0 Å². The van der Waals surface area contributed by atoms with E-state index in [1.165, 1.54) is 5.57 Å². The van der Waals surface area contributed by atoms with Crippen molar-refractivity contribution < 1.29 is 0 Å². The van der Waals surface area contributed by atoms with Gasteiger partial charge in [0.25, 0.3) is 0 Å². The van der Waals surface area contributed by atoms with Crippen LogP contribution in [0.1, 0.15) is 31.4 Å². The summed E-state index contributed by atoms with van der Waals surface area (Å²) in [5.41, 5.74) is 6.58. The largest absolute Gasteiger partial charge is 0.354 e. The Kier molecular flexibility index (Phi) is 5.81. The third kappa shape index (κ3) is 3.93. The van der Waals surface area contributed by atoms with Gasteiger partial charge < -0.3 is 10.2 Å². The van der Waals surface area contributed by atoms with E-state index in [-0.39, 0.29) is 0 Å². The third-order valence-electron chi connectivity index (χ3n) is 5.67. The first-order chi connectivity index (χ1) is 14.6. The molecule has 0 spiro atoms. The molecule has 1 N–H and O–H groups in total. The number of piperazine rings is 1. The predicted octanol–water partition coefficient (Wildman–Crippen LogP) is 3.26. The summed E-state index contributed by atoms with van der Waals surface area (Å²) in [4.78, 5) is 7.11. The van der Waals surface area contributed by atoms with Crippen molar-refractivity contribution in [1.82, 2.24) is 25.1 Å². The molecule has 0 aliphatic carbocycles. The van der Waals surface area contributed by atoms with Crippen LogP contribution in [-0.4, -0.2) is 52.7 Å². The molecule has 0 amide bonds. The fourth-order valence-corrected chi connectivity index (χ4v) is 3.86. The van der Waals surface area contributed by atoms with Crippen LogP contribution < -0.4 is 10.2 Å². The number of nitrogens with zero attached hydrogens (tertiary/aromatic N) is 6. The normalized spacial score (nSPS) is 18.8. The highest BCUT2D eigenvalue weighted by Crippen LogP contribution is 2.37. The minimum Gasteiger partial charge on any atom is -0.354 e. The van der Waals surface area contributed by atoms with Gasteiger partial charge in [0.05, 0.1) is 11.9 Å². The molecule has 7 heteroatoms. The first-order valence-electron chi connectivity index (χ1n) is 10.4. The molecule has 4 rings (SSSR count). The predicted molar refractivity (Wildman–Crippen MR) is 123 cm³/mol. The Bertz CT molecular complexity index is 1000.